The van der Waals surface area contributed by atoms with Gasteiger partial charge in [0.05, 0.1) is 10.5 Å². The quantitative estimate of drug-likeness (QED) is 0.630. The van der Waals surface area contributed by atoms with Gasteiger partial charge >= 0.3 is 5.97 Å². The van der Waals surface area contributed by atoms with Crippen LogP contribution in [0.4, 0.5) is 4.79 Å². The molecule has 156 valence electrons. The average Bonchev–Trinajstić information content (AvgIpc) is 3.29. The second-order valence-electron chi connectivity index (χ2n) is 7.83. The molecule has 2 aliphatic rings. The van der Waals surface area contributed by atoms with E-state index in [1.165, 1.54) is 11.3 Å². The number of carbonyl (C=O) groups excluding carboxylic acids is 2. The van der Waals surface area contributed by atoms with E-state index in [4.69, 9.17) is 4.42 Å². The number of benzene rings is 1. The molecule has 2 amide bonds. The molecule has 1 aliphatic heterocycles. The maximum absolute atomic E-state index is 12.8. The van der Waals surface area contributed by atoms with Gasteiger partial charge in [-0.3, -0.25) is 14.5 Å². The molecule has 1 aromatic heterocycles. The average molecular weight is 426 g/mol. The zero-order chi connectivity index (χ0) is 21.3. The predicted octanol–water partition coefficient (Wildman–Crippen LogP) is 5.57. The van der Waals surface area contributed by atoms with E-state index in [1.54, 1.807) is 36.4 Å². The number of carbonyl (C=O) groups is 3. The van der Waals surface area contributed by atoms with Crippen molar-refractivity contribution < 1.29 is 23.9 Å². The van der Waals surface area contributed by atoms with Crippen LogP contribution in [0.1, 0.15) is 53.8 Å². The fourth-order valence-corrected chi connectivity index (χ4v) is 4.84. The molecule has 2 heterocycles. The van der Waals surface area contributed by atoms with E-state index in [1.807, 2.05) is 6.92 Å². The van der Waals surface area contributed by atoms with Gasteiger partial charge in [-0.1, -0.05) is 25.3 Å². The molecule has 2 aromatic rings. The SMILES string of the molecule is Cc1ccc(C(=O)O)cc1-c1ccc(/C=C2/SC(=O)N(CC3CCCCC3)C2=O)o1. The summed E-state index contributed by atoms with van der Waals surface area (Å²) in [5, 5.41) is 8.99. The number of carboxylic acid groups (broad SMARTS) is 1. The third kappa shape index (κ3) is 4.21. The van der Waals surface area contributed by atoms with Crippen LogP contribution in [0.15, 0.2) is 39.7 Å². The normalized spacial score (nSPS) is 19.1. The van der Waals surface area contributed by atoms with Gasteiger partial charge in [-0.05, 0) is 67.3 Å². The molecule has 1 saturated heterocycles. The van der Waals surface area contributed by atoms with Crippen molar-refractivity contribution in [3.05, 3.63) is 52.1 Å². The largest absolute Gasteiger partial charge is 0.478 e. The van der Waals surface area contributed by atoms with Crippen molar-refractivity contribution in [2.45, 2.75) is 39.0 Å². The Balaban J connectivity index is 1.53. The molecule has 2 fully saturated rings. The van der Waals surface area contributed by atoms with Crippen molar-refractivity contribution >= 4 is 35.0 Å². The topological polar surface area (TPSA) is 87.8 Å². The van der Waals surface area contributed by atoms with Gasteiger partial charge in [0.1, 0.15) is 11.5 Å². The Morgan fingerprint density at radius 1 is 1.20 bits per heavy atom. The van der Waals surface area contributed by atoms with E-state index in [0.717, 1.165) is 43.0 Å². The van der Waals surface area contributed by atoms with Crippen molar-refractivity contribution in [3.63, 3.8) is 0 Å². The molecule has 7 heteroatoms. The molecule has 1 aliphatic carbocycles. The summed E-state index contributed by atoms with van der Waals surface area (Å²) in [6.07, 6.45) is 7.27. The molecule has 0 radical (unpaired) electrons. The molecule has 0 unspecified atom stereocenters. The number of aromatic carboxylic acids is 1. The number of amides is 2. The maximum atomic E-state index is 12.8. The molecule has 6 nitrogen and oxygen atoms in total. The van der Waals surface area contributed by atoms with Crippen LogP contribution in [0.5, 0.6) is 0 Å². The van der Waals surface area contributed by atoms with Gasteiger partial charge in [0, 0.05) is 18.2 Å². The zero-order valence-corrected chi connectivity index (χ0v) is 17.5. The predicted molar refractivity (Wildman–Crippen MR) is 115 cm³/mol. The van der Waals surface area contributed by atoms with E-state index in [0.29, 0.717) is 34.5 Å². The Labute approximate surface area is 178 Å². The Hall–Kier alpha value is -2.80. The first kappa shape index (κ1) is 20.5. The molecular weight excluding hydrogens is 402 g/mol. The lowest BCUT2D eigenvalue weighted by atomic mass is 9.89. The number of thioether (sulfide) groups is 1. The number of hydrogen-bond acceptors (Lipinski definition) is 5. The maximum Gasteiger partial charge on any atom is 0.335 e. The van der Waals surface area contributed by atoms with Crippen LogP contribution in [-0.4, -0.2) is 33.7 Å². The van der Waals surface area contributed by atoms with Crippen molar-refractivity contribution in [2.75, 3.05) is 6.54 Å². The number of imide groups is 1. The molecule has 30 heavy (non-hydrogen) atoms. The summed E-state index contributed by atoms with van der Waals surface area (Å²) < 4.78 is 5.85. The summed E-state index contributed by atoms with van der Waals surface area (Å²) in [5.41, 5.74) is 1.74. The summed E-state index contributed by atoms with van der Waals surface area (Å²) in [5.74, 6) is 0.0927. The van der Waals surface area contributed by atoms with Gasteiger partial charge in [-0.25, -0.2) is 4.79 Å². The highest BCUT2D eigenvalue weighted by Gasteiger charge is 2.36. The number of furan rings is 1. The molecule has 4 rings (SSSR count). The minimum atomic E-state index is -1.00. The highest BCUT2D eigenvalue weighted by molar-refractivity contribution is 8.18. The monoisotopic (exact) mass is 425 g/mol. The Kier molecular flexibility index (Phi) is 5.81. The van der Waals surface area contributed by atoms with Crippen LogP contribution in [0, 0.1) is 12.8 Å². The fourth-order valence-electron chi connectivity index (χ4n) is 4.01. The molecule has 1 N–H and O–H groups in total. The lowest BCUT2D eigenvalue weighted by molar-refractivity contribution is -0.123. The first-order valence-electron chi connectivity index (χ1n) is 10.1. The molecule has 0 atom stereocenters. The van der Waals surface area contributed by atoms with Crippen LogP contribution in [0.2, 0.25) is 0 Å². The summed E-state index contributed by atoms with van der Waals surface area (Å²) >= 11 is 0.941. The second kappa shape index (κ2) is 8.52. The molecule has 0 spiro atoms. The summed E-state index contributed by atoms with van der Waals surface area (Å²) in [7, 11) is 0. The van der Waals surface area contributed by atoms with Gasteiger partial charge in [-0.2, -0.15) is 0 Å². The third-order valence-corrected chi connectivity index (χ3v) is 6.60. The standard InChI is InChI=1S/C23H23NO5S/c1-14-7-8-16(22(26)27)11-18(14)19-10-9-17(29-19)12-20-21(25)24(23(28)30-20)13-15-5-3-2-4-6-15/h7-12,15H,2-6,13H2,1H3,(H,26,27)/b20-12+. The minimum absolute atomic E-state index is 0.178. The third-order valence-electron chi connectivity index (χ3n) is 5.69. The first-order chi connectivity index (χ1) is 14.4. The lowest BCUT2D eigenvalue weighted by Gasteiger charge is -2.25. The first-order valence-corrected chi connectivity index (χ1v) is 10.9. The molecule has 1 saturated carbocycles. The lowest BCUT2D eigenvalue weighted by Crippen LogP contribution is -2.34. The van der Waals surface area contributed by atoms with Gasteiger partial charge in [-0.15, -0.1) is 0 Å². The van der Waals surface area contributed by atoms with E-state index in [2.05, 4.69) is 0 Å². The van der Waals surface area contributed by atoms with Crippen LogP contribution in [0.25, 0.3) is 17.4 Å². The van der Waals surface area contributed by atoms with E-state index < -0.39 is 5.97 Å². The zero-order valence-electron chi connectivity index (χ0n) is 16.7. The fraction of sp³-hybridized carbons (Fsp3) is 0.348. The van der Waals surface area contributed by atoms with E-state index in [9.17, 15) is 19.5 Å². The molecular formula is C23H23NO5S. The number of carboxylic acids is 1. The number of aryl methyl sites for hydroxylation is 1. The second-order valence-corrected chi connectivity index (χ2v) is 8.83. The summed E-state index contributed by atoms with van der Waals surface area (Å²) in [6, 6.07) is 8.31. The highest BCUT2D eigenvalue weighted by atomic mass is 32.2. The van der Waals surface area contributed by atoms with Crippen molar-refractivity contribution in [1.29, 1.82) is 0 Å². The van der Waals surface area contributed by atoms with Gasteiger partial charge < -0.3 is 9.52 Å². The smallest absolute Gasteiger partial charge is 0.335 e. The summed E-state index contributed by atoms with van der Waals surface area (Å²) in [6.45, 7) is 2.37. The van der Waals surface area contributed by atoms with Crippen LogP contribution in [-0.2, 0) is 4.79 Å². The Bertz CT molecular complexity index is 1030. The van der Waals surface area contributed by atoms with Crippen LogP contribution < -0.4 is 0 Å². The van der Waals surface area contributed by atoms with Crippen LogP contribution >= 0.6 is 11.8 Å². The Morgan fingerprint density at radius 3 is 2.70 bits per heavy atom. The van der Waals surface area contributed by atoms with Gasteiger partial charge in [0.25, 0.3) is 11.1 Å². The van der Waals surface area contributed by atoms with Crippen molar-refractivity contribution in [1.82, 2.24) is 4.90 Å². The summed E-state index contributed by atoms with van der Waals surface area (Å²) in [4.78, 5) is 38.1. The number of rotatable bonds is 5. The molecule has 1 aromatic carbocycles. The highest BCUT2D eigenvalue weighted by Crippen LogP contribution is 2.36. The van der Waals surface area contributed by atoms with Crippen molar-refractivity contribution in [3.8, 4) is 11.3 Å². The van der Waals surface area contributed by atoms with Crippen LogP contribution in [0.3, 0.4) is 0 Å². The van der Waals surface area contributed by atoms with Crippen molar-refractivity contribution in [2.24, 2.45) is 5.92 Å². The van der Waals surface area contributed by atoms with E-state index in [-0.39, 0.29) is 16.7 Å². The number of nitrogens with zero attached hydrogens (tertiary/aromatic N) is 1. The number of hydrogen-bond donors (Lipinski definition) is 1. The van der Waals surface area contributed by atoms with E-state index >= 15 is 0 Å². The van der Waals surface area contributed by atoms with Gasteiger partial charge in [0.15, 0.2) is 0 Å². The minimum Gasteiger partial charge on any atom is -0.478 e. The van der Waals surface area contributed by atoms with Gasteiger partial charge in [0.2, 0.25) is 0 Å². The molecule has 0 bridgehead atoms. The Morgan fingerprint density at radius 2 is 1.97 bits per heavy atom.